The molecular formula is C30H57ClN4O8. The molecule has 0 unspecified atom stereocenters. The highest BCUT2D eigenvalue weighted by molar-refractivity contribution is 6.17. The van der Waals surface area contributed by atoms with Gasteiger partial charge in [0.25, 0.3) is 0 Å². The molecule has 0 aliphatic heterocycles. The molecule has 0 bridgehead atoms. The molecule has 0 aromatic carbocycles. The van der Waals surface area contributed by atoms with Crippen molar-refractivity contribution in [1.29, 1.82) is 0 Å². The van der Waals surface area contributed by atoms with Crippen LogP contribution >= 0.6 is 11.6 Å². The molecule has 0 saturated heterocycles. The summed E-state index contributed by atoms with van der Waals surface area (Å²) >= 11 is 5.64. The van der Waals surface area contributed by atoms with Crippen LogP contribution in [-0.2, 0) is 28.5 Å². The number of esters is 2. The number of nitrogens with zero attached hydrogens (tertiary/aromatic N) is 1. The van der Waals surface area contributed by atoms with Gasteiger partial charge in [-0.25, -0.2) is 25.8 Å². The van der Waals surface area contributed by atoms with Crippen LogP contribution in [0.25, 0.3) is 4.85 Å². The number of carbonyl (C=O) groups is 4. The largest absolute Gasteiger partial charge is 0.458 e. The maximum absolute atomic E-state index is 12.1. The fourth-order valence-corrected chi connectivity index (χ4v) is 3.15. The molecule has 0 heterocycles. The Bertz CT molecular complexity index is 894. The highest BCUT2D eigenvalue weighted by Crippen LogP contribution is 2.14. The number of alkyl carbamates (subject to hydrolysis) is 2. The van der Waals surface area contributed by atoms with Crippen LogP contribution in [0.4, 0.5) is 9.59 Å². The number of rotatable bonds is 11. The number of halogens is 1. The van der Waals surface area contributed by atoms with Crippen LogP contribution in [0.15, 0.2) is 0 Å². The zero-order valence-corrected chi connectivity index (χ0v) is 29.2. The Hall–Kier alpha value is -2.78. The molecule has 2 amide bonds. The minimum Gasteiger partial charge on any atom is -0.458 e. The first-order chi connectivity index (χ1) is 18.9. The highest BCUT2D eigenvalue weighted by atomic mass is 35.5. The van der Waals surface area contributed by atoms with E-state index in [-0.39, 0.29) is 6.15 Å². The van der Waals surface area contributed by atoms with E-state index >= 15 is 0 Å². The van der Waals surface area contributed by atoms with Gasteiger partial charge in [-0.15, -0.1) is 11.6 Å². The van der Waals surface area contributed by atoms with E-state index in [1.54, 1.807) is 83.1 Å². The second-order valence-corrected chi connectivity index (χ2v) is 14.1. The van der Waals surface area contributed by atoms with Gasteiger partial charge in [-0.05, 0) is 109 Å². The van der Waals surface area contributed by atoms with Gasteiger partial charge in [0.05, 0.1) is 0 Å². The van der Waals surface area contributed by atoms with E-state index in [9.17, 15) is 19.2 Å². The predicted octanol–water partition coefficient (Wildman–Crippen LogP) is 6.71. The van der Waals surface area contributed by atoms with Crippen LogP contribution < -0.4 is 16.8 Å². The Balaban J connectivity index is -0.000000727. The van der Waals surface area contributed by atoms with Crippen LogP contribution in [-0.4, -0.2) is 71.0 Å². The molecule has 13 heteroatoms. The molecule has 0 fully saturated rings. The van der Waals surface area contributed by atoms with E-state index in [1.165, 1.54) is 0 Å². The van der Waals surface area contributed by atoms with Crippen LogP contribution in [0.1, 0.15) is 115 Å². The quantitative estimate of drug-likeness (QED) is 0.0555. The van der Waals surface area contributed by atoms with Gasteiger partial charge < -0.3 is 40.6 Å². The van der Waals surface area contributed by atoms with Crippen LogP contribution in [0.2, 0.25) is 0 Å². The third-order valence-corrected chi connectivity index (χ3v) is 4.67. The van der Waals surface area contributed by atoms with Crippen molar-refractivity contribution in [2.45, 2.75) is 150 Å². The van der Waals surface area contributed by atoms with Crippen molar-refractivity contribution in [2.24, 2.45) is 0 Å². The number of carbonyl (C=O) groups excluding carboxylic acids is 4. The molecule has 0 aromatic heterocycles. The van der Waals surface area contributed by atoms with E-state index in [4.69, 9.17) is 37.1 Å². The molecule has 2 atom stereocenters. The summed E-state index contributed by atoms with van der Waals surface area (Å²) in [6.07, 6.45) is 1.53. The lowest BCUT2D eigenvalue weighted by Crippen LogP contribution is -2.46. The fourth-order valence-electron chi connectivity index (χ4n) is 2.96. The predicted molar refractivity (Wildman–Crippen MR) is 168 cm³/mol. The Morgan fingerprint density at radius 2 is 0.953 bits per heavy atom. The van der Waals surface area contributed by atoms with Crippen molar-refractivity contribution in [1.82, 2.24) is 16.8 Å². The lowest BCUT2D eigenvalue weighted by atomic mass is 10.1. The normalized spacial score (nSPS) is 12.9. The maximum atomic E-state index is 12.1. The third-order valence-electron chi connectivity index (χ3n) is 4.40. The first-order valence-corrected chi connectivity index (χ1v) is 14.8. The van der Waals surface area contributed by atoms with Gasteiger partial charge in [0.15, 0.2) is 0 Å². The Labute approximate surface area is 264 Å². The summed E-state index contributed by atoms with van der Waals surface area (Å²) in [7, 11) is 0. The summed E-state index contributed by atoms with van der Waals surface area (Å²) in [5.74, 6) is -0.450. The van der Waals surface area contributed by atoms with Crippen molar-refractivity contribution < 1.29 is 38.1 Å². The Morgan fingerprint density at radius 3 is 1.23 bits per heavy atom. The summed E-state index contributed by atoms with van der Waals surface area (Å²) in [4.78, 5) is 51.0. The number of amides is 2. The maximum Gasteiger partial charge on any atom is 0.408 e. The van der Waals surface area contributed by atoms with E-state index in [0.717, 1.165) is 12.8 Å². The lowest BCUT2D eigenvalue weighted by Gasteiger charge is -2.26. The van der Waals surface area contributed by atoms with Crippen LogP contribution in [0, 0.1) is 6.57 Å². The van der Waals surface area contributed by atoms with Crippen molar-refractivity contribution in [2.75, 3.05) is 12.4 Å². The zero-order valence-electron chi connectivity index (χ0n) is 28.4. The standard InChI is InChI=1S/C15H28ClNO4.C15H26N2O4.H3N/c1-14(2,3)20-12(18)11(9-7-8-10-16)17-13(19)21-15(4,5)6;1-14(2,3)20-12(18)11(9-8-10-16-7)17-13(19)21-15(4,5)6;/h11H,7-10H2,1-6H3,(H,17,19);11H,8-10H2,1-6H3,(H,17,19);1H3/t2*11-;/m00./s1/i;16+1;1+1. The number of hydrogen-bond acceptors (Lipinski definition) is 9. The van der Waals surface area contributed by atoms with Crippen LogP contribution in [0.3, 0.4) is 0 Å². The fraction of sp³-hybridized carbons (Fsp3) is 0.833. The molecule has 0 aromatic rings. The molecule has 0 spiro atoms. The van der Waals surface area contributed by atoms with Crippen molar-refractivity contribution in [3.05, 3.63) is 11.4 Å². The van der Waals surface area contributed by atoms with E-state index in [2.05, 4.69) is 15.5 Å². The minimum atomic E-state index is -0.805. The van der Waals surface area contributed by atoms with Crippen molar-refractivity contribution >= 4 is 35.7 Å². The second kappa shape index (κ2) is 20.2. The van der Waals surface area contributed by atoms with E-state index < -0.39 is 58.6 Å². The first-order valence-electron chi connectivity index (χ1n) is 14.2. The number of alkyl halides is 1. The number of ether oxygens (including phenoxy) is 4. The van der Waals surface area contributed by atoms with E-state index in [0.29, 0.717) is 31.7 Å². The highest BCUT2D eigenvalue weighted by Gasteiger charge is 2.29. The molecule has 252 valence electrons. The smallest absolute Gasteiger partial charge is 0.408 e. The number of nitrogens with one attached hydrogen (secondary N) is 2. The van der Waals surface area contributed by atoms with Gasteiger partial charge in [-0.3, -0.25) is 0 Å². The summed E-state index contributed by atoms with van der Waals surface area (Å²) < 4.78 is 20.9. The number of hydrogen-bond donors (Lipinski definition) is 3. The van der Waals surface area contributed by atoms with Gasteiger partial charge in [-0.1, -0.05) is 0 Å². The molecule has 12 nitrogen and oxygen atoms in total. The molecule has 0 rings (SSSR count). The topological polar surface area (TPSA) is 169 Å². The summed E-state index contributed by atoms with van der Waals surface area (Å²) in [6, 6.07) is -1.52. The van der Waals surface area contributed by atoms with Gasteiger partial charge >= 0.3 is 24.1 Å². The summed E-state index contributed by atoms with van der Waals surface area (Å²) in [6.45, 7) is 28.2. The average molecular weight is 639 g/mol. The monoisotopic (exact) mass is 638 g/mol. The third kappa shape index (κ3) is 29.1. The molecule has 43 heavy (non-hydrogen) atoms. The lowest BCUT2D eigenvalue weighted by molar-refractivity contribution is -0.158. The van der Waals surface area contributed by atoms with E-state index in [1.807, 2.05) is 0 Å². The zero-order chi connectivity index (χ0) is 33.4. The number of unbranched alkanes of at least 4 members (excludes halogenated alkanes) is 1. The Morgan fingerprint density at radius 1 is 0.628 bits per heavy atom. The molecule has 0 saturated carbocycles. The van der Waals surface area contributed by atoms with Crippen LogP contribution in [0.5, 0.6) is 0 Å². The molecule has 5 N–H and O–H groups in total. The van der Waals surface area contributed by atoms with Gasteiger partial charge in [0.1, 0.15) is 34.5 Å². The molecule has 0 radical (unpaired) electrons. The summed E-state index contributed by atoms with van der Waals surface area (Å²) in [5.41, 5.74) is -2.49. The molecule has 0 aliphatic rings. The minimum absolute atomic E-state index is 0. The molecular weight excluding hydrogens is 582 g/mol. The molecule has 0 aliphatic carbocycles. The van der Waals surface area contributed by atoms with Gasteiger partial charge in [0.2, 0.25) is 6.54 Å². The van der Waals surface area contributed by atoms with Gasteiger partial charge in [-0.2, -0.15) is 0 Å². The SMILES string of the molecule is CC(C)(C)OC(=O)N[C@@H](CCCCCl)C(=O)OC(C)(C)C.[15NH3].[C-]#[15N+]CCC[C@H](NC(=O)OC(C)(C)C)C(=O)OC(C)(C)C. The van der Waals surface area contributed by atoms with Crippen molar-refractivity contribution in [3.8, 4) is 0 Å². The van der Waals surface area contributed by atoms with Gasteiger partial charge in [0, 0.05) is 12.3 Å². The first kappa shape index (κ1) is 44.7. The second-order valence-electron chi connectivity index (χ2n) is 13.7. The Kier molecular flexibility index (Phi) is 21.0. The average Bonchev–Trinajstić information content (AvgIpc) is 2.73. The summed E-state index contributed by atoms with van der Waals surface area (Å²) in [5, 5.41) is 5.09. The van der Waals surface area contributed by atoms with Crippen molar-refractivity contribution in [3.63, 3.8) is 0 Å².